The summed E-state index contributed by atoms with van der Waals surface area (Å²) in [5.41, 5.74) is 8.42. The molecule has 5 rings (SSSR count). The monoisotopic (exact) mass is 401 g/mol. The van der Waals surface area contributed by atoms with E-state index in [1.54, 1.807) is 0 Å². The zero-order valence-electron chi connectivity index (χ0n) is 17.8. The lowest BCUT2D eigenvalue weighted by Gasteiger charge is -2.21. The molecule has 0 bridgehead atoms. The molecule has 30 heavy (non-hydrogen) atoms. The highest BCUT2D eigenvalue weighted by molar-refractivity contribution is 5.85. The molecule has 1 saturated heterocycles. The summed E-state index contributed by atoms with van der Waals surface area (Å²) < 4.78 is 0. The van der Waals surface area contributed by atoms with E-state index in [-0.39, 0.29) is 6.61 Å². The van der Waals surface area contributed by atoms with Gasteiger partial charge in [0.1, 0.15) is 0 Å². The maximum Gasteiger partial charge on any atom is 0.0712 e. The summed E-state index contributed by atoms with van der Waals surface area (Å²) in [5.74, 6) is 0. The molecule has 0 saturated carbocycles. The highest BCUT2D eigenvalue weighted by atomic mass is 16.3. The minimum atomic E-state index is 0.252. The van der Waals surface area contributed by atoms with E-state index in [1.807, 2.05) is 0 Å². The maximum absolute atomic E-state index is 9.59. The molecule has 2 aromatic heterocycles. The number of likely N-dealkylation sites (tertiary alicyclic amines) is 1. The third kappa shape index (κ3) is 3.94. The molecule has 4 nitrogen and oxygen atoms in total. The standard InChI is InChI=1S/C26H31N3O/c1-18-12-25(19-6-3-2-4-7-19)28-26(13-18)20-9-10-24-21(14-20)15-22(27-24)16-29-11-5-8-23(29)17-30/h6,9-10,12-15,23,27,30H,2-5,7-8,11,16-17H2,1H3/t23-/m1/s1. The number of fused-ring (bicyclic) bond motifs is 1. The maximum atomic E-state index is 9.59. The number of hydrogen-bond donors (Lipinski definition) is 2. The van der Waals surface area contributed by atoms with Gasteiger partial charge in [-0.2, -0.15) is 0 Å². The summed E-state index contributed by atoms with van der Waals surface area (Å²) in [5, 5.41) is 10.8. The molecular formula is C26H31N3O. The van der Waals surface area contributed by atoms with Crippen molar-refractivity contribution in [3.63, 3.8) is 0 Å². The van der Waals surface area contributed by atoms with Crippen LogP contribution in [0.2, 0.25) is 0 Å². The van der Waals surface area contributed by atoms with Crippen LogP contribution in [-0.4, -0.2) is 39.2 Å². The Morgan fingerprint density at radius 2 is 2.00 bits per heavy atom. The van der Waals surface area contributed by atoms with E-state index in [0.29, 0.717) is 6.04 Å². The van der Waals surface area contributed by atoms with Crippen LogP contribution < -0.4 is 0 Å². The normalized spacial score (nSPS) is 20.1. The summed E-state index contributed by atoms with van der Waals surface area (Å²) in [6.45, 7) is 4.36. The Balaban J connectivity index is 1.44. The number of nitrogens with one attached hydrogen (secondary N) is 1. The van der Waals surface area contributed by atoms with E-state index >= 15 is 0 Å². The van der Waals surface area contributed by atoms with Gasteiger partial charge < -0.3 is 10.1 Å². The second-order valence-electron chi connectivity index (χ2n) is 8.94. The van der Waals surface area contributed by atoms with Crippen molar-refractivity contribution in [2.75, 3.05) is 13.2 Å². The summed E-state index contributed by atoms with van der Waals surface area (Å²) in [7, 11) is 0. The molecule has 1 aliphatic heterocycles. The Kier molecular flexibility index (Phi) is 5.45. The van der Waals surface area contributed by atoms with Crippen molar-refractivity contribution in [1.82, 2.24) is 14.9 Å². The van der Waals surface area contributed by atoms with E-state index in [0.717, 1.165) is 42.8 Å². The lowest BCUT2D eigenvalue weighted by molar-refractivity contribution is 0.152. The molecule has 0 amide bonds. The smallest absolute Gasteiger partial charge is 0.0712 e. The number of nitrogens with zero attached hydrogens (tertiary/aromatic N) is 2. The third-order valence-electron chi connectivity index (χ3n) is 6.65. The van der Waals surface area contributed by atoms with Gasteiger partial charge in [0.25, 0.3) is 0 Å². The molecule has 0 radical (unpaired) electrons. The van der Waals surface area contributed by atoms with Gasteiger partial charge in [0.15, 0.2) is 0 Å². The minimum absolute atomic E-state index is 0.252. The molecule has 3 aromatic rings. The number of allylic oxidation sites excluding steroid dienone is 2. The average molecular weight is 402 g/mol. The summed E-state index contributed by atoms with van der Waals surface area (Å²) in [6.07, 6.45) is 9.52. The molecular weight excluding hydrogens is 370 g/mol. The molecule has 4 heteroatoms. The van der Waals surface area contributed by atoms with Crippen LogP contribution in [0.15, 0.2) is 42.5 Å². The number of benzene rings is 1. The van der Waals surface area contributed by atoms with Crippen LogP contribution >= 0.6 is 0 Å². The first kappa shape index (κ1) is 19.5. The SMILES string of the molecule is Cc1cc(C2=CCCCC2)nc(-c2ccc3[nH]c(CN4CCC[C@@H]4CO)cc3c2)c1. The van der Waals surface area contributed by atoms with Crippen LogP contribution in [-0.2, 0) is 6.54 Å². The number of aliphatic hydroxyl groups is 1. The van der Waals surface area contributed by atoms with Gasteiger partial charge in [-0.05, 0) is 93.5 Å². The Labute approximate surface area is 178 Å². The van der Waals surface area contributed by atoms with Gasteiger partial charge in [-0.15, -0.1) is 0 Å². The van der Waals surface area contributed by atoms with E-state index in [9.17, 15) is 5.11 Å². The lowest BCUT2D eigenvalue weighted by Crippen LogP contribution is -2.31. The van der Waals surface area contributed by atoms with Crippen molar-refractivity contribution >= 4 is 16.5 Å². The molecule has 0 spiro atoms. The summed E-state index contributed by atoms with van der Waals surface area (Å²) in [6, 6.07) is 13.6. The number of hydrogen-bond acceptors (Lipinski definition) is 3. The molecule has 2 N–H and O–H groups in total. The first-order valence-corrected chi connectivity index (χ1v) is 11.3. The Hall–Kier alpha value is -2.43. The van der Waals surface area contributed by atoms with Crippen LogP contribution in [0.25, 0.3) is 27.7 Å². The van der Waals surface area contributed by atoms with Crippen molar-refractivity contribution in [2.45, 2.75) is 58.0 Å². The fourth-order valence-electron chi connectivity index (χ4n) is 5.02. The number of rotatable bonds is 5. The number of aliphatic hydroxyl groups excluding tert-OH is 1. The predicted molar refractivity (Wildman–Crippen MR) is 123 cm³/mol. The zero-order valence-corrected chi connectivity index (χ0v) is 17.8. The first-order chi connectivity index (χ1) is 14.7. The Morgan fingerprint density at radius 1 is 1.10 bits per heavy atom. The topological polar surface area (TPSA) is 52.2 Å². The number of H-pyrrole nitrogens is 1. The molecule has 0 unspecified atom stereocenters. The largest absolute Gasteiger partial charge is 0.395 e. The van der Waals surface area contributed by atoms with Gasteiger partial charge >= 0.3 is 0 Å². The van der Waals surface area contributed by atoms with Gasteiger partial charge in [-0.3, -0.25) is 4.90 Å². The van der Waals surface area contributed by atoms with Crippen LogP contribution in [0.5, 0.6) is 0 Å². The van der Waals surface area contributed by atoms with Crippen LogP contribution in [0.3, 0.4) is 0 Å². The Bertz CT molecular complexity index is 1080. The number of aryl methyl sites for hydroxylation is 1. The molecule has 1 fully saturated rings. The number of aromatic nitrogens is 2. The zero-order chi connectivity index (χ0) is 20.5. The van der Waals surface area contributed by atoms with Crippen molar-refractivity contribution in [3.05, 3.63) is 59.4 Å². The van der Waals surface area contributed by atoms with Crippen molar-refractivity contribution in [2.24, 2.45) is 0 Å². The van der Waals surface area contributed by atoms with E-state index in [1.165, 1.54) is 53.5 Å². The summed E-state index contributed by atoms with van der Waals surface area (Å²) in [4.78, 5) is 11.0. The van der Waals surface area contributed by atoms with Crippen LogP contribution in [0.4, 0.5) is 0 Å². The molecule has 2 aliphatic rings. The van der Waals surface area contributed by atoms with Gasteiger partial charge in [-0.1, -0.05) is 12.1 Å². The van der Waals surface area contributed by atoms with Crippen molar-refractivity contribution in [3.8, 4) is 11.3 Å². The predicted octanol–water partition coefficient (Wildman–Crippen LogP) is 5.45. The highest BCUT2D eigenvalue weighted by Crippen LogP contribution is 2.30. The van der Waals surface area contributed by atoms with Crippen molar-refractivity contribution < 1.29 is 5.11 Å². The van der Waals surface area contributed by atoms with Gasteiger partial charge in [0, 0.05) is 34.7 Å². The van der Waals surface area contributed by atoms with Crippen LogP contribution in [0.1, 0.15) is 55.5 Å². The fraction of sp³-hybridized carbons (Fsp3) is 0.423. The minimum Gasteiger partial charge on any atom is -0.395 e. The third-order valence-corrected chi connectivity index (χ3v) is 6.65. The van der Waals surface area contributed by atoms with Gasteiger partial charge in [0.2, 0.25) is 0 Å². The number of pyridine rings is 1. The molecule has 3 heterocycles. The average Bonchev–Trinajstić information content (AvgIpc) is 3.39. The second-order valence-corrected chi connectivity index (χ2v) is 8.94. The van der Waals surface area contributed by atoms with Gasteiger partial charge in [-0.25, -0.2) is 4.98 Å². The van der Waals surface area contributed by atoms with Gasteiger partial charge in [0.05, 0.1) is 18.0 Å². The second kappa shape index (κ2) is 8.37. The molecule has 1 aliphatic carbocycles. The van der Waals surface area contributed by atoms with E-state index in [2.05, 4.69) is 59.3 Å². The molecule has 1 atom stereocenters. The van der Waals surface area contributed by atoms with Crippen LogP contribution in [0, 0.1) is 6.92 Å². The number of aromatic amines is 1. The van der Waals surface area contributed by atoms with E-state index < -0.39 is 0 Å². The first-order valence-electron chi connectivity index (χ1n) is 11.3. The highest BCUT2D eigenvalue weighted by Gasteiger charge is 2.24. The lowest BCUT2D eigenvalue weighted by atomic mass is 9.95. The quantitative estimate of drug-likeness (QED) is 0.597. The molecule has 156 valence electrons. The summed E-state index contributed by atoms with van der Waals surface area (Å²) >= 11 is 0. The van der Waals surface area contributed by atoms with E-state index in [4.69, 9.17) is 4.98 Å². The fourth-order valence-corrected chi connectivity index (χ4v) is 5.02. The Morgan fingerprint density at radius 3 is 2.83 bits per heavy atom. The molecule has 1 aromatic carbocycles. The van der Waals surface area contributed by atoms with Crippen molar-refractivity contribution in [1.29, 1.82) is 0 Å².